The zero-order valence-corrected chi connectivity index (χ0v) is 10.8. The van der Waals surface area contributed by atoms with Crippen LogP contribution in [0.3, 0.4) is 0 Å². The minimum Gasteiger partial charge on any atom is -0.309 e. The molecule has 0 aromatic carbocycles. The summed E-state index contributed by atoms with van der Waals surface area (Å²) in [4.78, 5) is 0. The van der Waals surface area contributed by atoms with Gasteiger partial charge in [-0.3, -0.25) is 0 Å². The fourth-order valence-electron chi connectivity index (χ4n) is 2.71. The molecule has 1 unspecified atom stereocenters. The first kappa shape index (κ1) is 12.0. The molecule has 1 fully saturated rings. The molecule has 0 radical (unpaired) electrons. The average molecular weight is 197 g/mol. The van der Waals surface area contributed by atoms with Crippen LogP contribution in [0.2, 0.25) is 0 Å². The van der Waals surface area contributed by atoms with Gasteiger partial charge in [0.1, 0.15) is 0 Å². The molecule has 1 heteroatoms. The van der Waals surface area contributed by atoms with Gasteiger partial charge in [-0.2, -0.15) is 0 Å². The normalized spacial score (nSPS) is 21.0. The molecule has 0 aliphatic heterocycles. The van der Waals surface area contributed by atoms with E-state index >= 15 is 0 Å². The fraction of sp³-hybridized carbons (Fsp3) is 1.00. The van der Waals surface area contributed by atoms with Crippen molar-refractivity contribution in [1.82, 2.24) is 5.32 Å². The highest BCUT2D eigenvalue weighted by Gasteiger charge is 2.33. The first-order valence-corrected chi connectivity index (χ1v) is 5.97. The third-order valence-corrected chi connectivity index (χ3v) is 2.92. The van der Waals surface area contributed by atoms with E-state index in [0.717, 1.165) is 5.92 Å². The van der Waals surface area contributed by atoms with Gasteiger partial charge >= 0.3 is 0 Å². The van der Waals surface area contributed by atoms with Crippen LogP contribution in [-0.4, -0.2) is 11.6 Å². The molecule has 1 N–H and O–H groups in total. The summed E-state index contributed by atoms with van der Waals surface area (Å²) >= 11 is 0. The zero-order valence-electron chi connectivity index (χ0n) is 10.8. The fourth-order valence-corrected chi connectivity index (χ4v) is 2.71. The maximum absolute atomic E-state index is 3.77. The largest absolute Gasteiger partial charge is 0.309 e. The summed E-state index contributed by atoms with van der Waals surface area (Å²) in [5.41, 5.74) is 0.694. The van der Waals surface area contributed by atoms with Crippen molar-refractivity contribution in [3.63, 3.8) is 0 Å². The summed E-state index contributed by atoms with van der Waals surface area (Å²) in [5, 5.41) is 3.77. The molecule has 1 aliphatic rings. The highest BCUT2D eigenvalue weighted by molar-refractivity contribution is 4.91. The smallest absolute Gasteiger partial charge is 0.0132 e. The van der Waals surface area contributed by atoms with Gasteiger partial charge in [-0.1, -0.05) is 20.8 Å². The lowest BCUT2D eigenvalue weighted by molar-refractivity contribution is 0.219. The Hall–Kier alpha value is -0.0400. The summed E-state index contributed by atoms with van der Waals surface area (Å²) in [6.07, 6.45) is 4.09. The monoisotopic (exact) mass is 197 g/mol. The van der Waals surface area contributed by atoms with Gasteiger partial charge in [0.05, 0.1) is 0 Å². The Balaban J connectivity index is 2.39. The van der Waals surface area contributed by atoms with Crippen LogP contribution in [0.1, 0.15) is 60.8 Å². The molecule has 0 spiro atoms. The van der Waals surface area contributed by atoms with E-state index in [1.165, 1.54) is 19.3 Å². The highest BCUT2D eigenvalue weighted by Crippen LogP contribution is 2.34. The minimum atomic E-state index is 0.278. The Morgan fingerprint density at radius 3 is 2.00 bits per heavy atom. The SMILES string of the molecule is CC(NC(C)(C)CC(C)(C)C)C1CC1. The Morgan fingerprint density at radius 1 is 1.14 bits per heavy atom. The number of nitrogens with one attached hydrogen (secondary N) is 1. The third kappa shape index (κ3) is 4.45. The van der Waals surface area contributed by atoms with Crippen molar-refractivity contribution < 1.29 is 0 Å². The van der Waals surface area contributed by atoms with Crippen molar-refractivity contribution in [3.8, 4) is 0 Å². The van der Waals surface area contributed by atoms with Crippen molar-refractivity contribution >= 4 is 0 Å². The summed E-state index contributed by atoms with van der Waals surface area (Å²) < 4.78 is 0. The molecule has 1 nitrogen and oxygen atoms in total. The Bertz CT molecular complexity index is 184. The first-order chi connectivity index (χ1) is 6.20. The molecule has 14 heavy (non-hydrogen) atoms. The van der Waals surface area contributed by atoms with Crippen LogP contribution in [0.15, 0.2) is 0 Å². The Labute approximate surface area is 89.7 Å². The van der Waals surface area contributed by atoms with Gasteiger partial charge in [-0.15, -0.1) is 0 Å². The van der Waals surface area contributed by atoms with Crippen LogP contribution in [0.4, 0.5) is 0 Å². The van der Waals surface area contributed by atoms with E-state index in [-0.39, 0.29) is 5.54 Å². The third-order valence-electron chi connectivity index (χ3n) is 2.92. The molecule has 0 saturated heterocycles. The van der Waals surface area contributed by atoms with Crippen LogP contribution in [-0.2, 0) is 0 Å². The minimum absolute atomic E-state index is 0.278. The zero-order chi connectivity index (χ0) is 11.0. The second-order valence-corrected chi connectivity index (χ2v) is 6.89. The van der Waals surface area contributed by atoms with E-state index in [4.69, 9.17) is 0 Å². The van der Waals surface area contributed by atoms with Crippen molar-refractivity contribution in [1.29, 1.82) is 0 Å². The molecule has 1 saturated carbocycles. The summed E-state index contributed by atoms with van der Waals surface area (Å²) in [5.74, 6) is 0.953. The molecule has 0 bridgehead atoms. The molecule has 0 aromatic rings. The Kier molecular flexibility index (Phi) is 3.30. The van der Waals surface area contributed by atoms with Gasteiger partial charge in [0.25, 0.3) is 0 Å². The standard InChI is InChI=1S/C13H27N/c1-10(11-7-8-11)14-13(5,6)9-12(2,3)4/h10-11,14H,7-9H2,1-6H3. The van der Waals surface area contributed by atoms with Gasteiger partial charge in [0, 0.05) is 11.6 Å². The molecule has 0 heterocycles. The van der Waals surface area contributed by atoms with Crippen LogP contribution in [0.5, 0.6) is 0 Å². The van der Waals surface area contributed by atoms with E-state index in [1.807, 2.05) is 0 Å². The predicted molar refractivity (Wildman–Crippen MR) is 63.5 cm³/mol. The number of hydrogen-bond donors (Lipinski definition) is 1. The maximum Gasteiger partial charge on any atom is 0.0132 e. The summed E-state index contributed by atoms with van der Waals surface area (Å²) in [6.45, 7) is 13.9. The summed E-state index contributed by atoms with van der Waals surface area (Å²) in [7, 11) is 0. The Morgan fingerprint density at radius 2 is 1.64 bits per heavy atom. The second-order valence-electron chi connectivity index (χ2n) is 6.89. The lowest BCUT2D eigenvalue weighted by atomic mass is 9.81. The molecule has 1 rings (SSSR count). The maximum atomic E-state index is 3.77. The van der Waals surface area contributed by atoms with Crippen LogP contribution in [0.25, 0.3) is 0 Å². The van der Waals surface area contributed by atoms with Gasteiger partial charge < -0.3 is 5.32 Å². The topological polar surface area (TPSA) is 12.0 Å². The van der Waals surface area contributed by atoms with Gasteiger partial charge in [0.2, 0.25) is 0 Å². The molecule has 0 aromatic heterocycles. The van der Waals surface area contributed by atoms with Crippen molar-refractivity contribution in [3.05, 3.63) is 0 Å². The quantitative estimate of drug-likeness (QED) is 0.726. The van der Waals surface area contributed by atoms with E-state index in [1.54, 1.807) is 0 Å². The summed E-state index contributed by atoms with van der Waals surface area (Å²) in [6, 6.07) is 0.701. The molecular formula is C13H27N. The predicted octanol–water partition coefficient (Wildman–Crippen LogP) is 3.59. The molecule has 84 valence electrons. The van der Waals surface area contributed by atoms with E-state index in [2.05, 4.69) is 46.9 Å². The highest BCUT2D eigenvalue weighted by atomic mass is 15.0. The molecule has 0 amide bonds. The van der Waals surface area contributed by atoms with Gasteiger partial charge in [-0.05, 0) is 51.4 Å². The first-order valence-electron chi connectivity index (χ1n) is 5.97. The van der Waals surface area contributed by atoms with Crippen molar-refractivity contribution in [2.45, 2.75) is 72.4 Å². The van der Waals surface area contributed by atoms with Crippen LogP contribution in [0, 0.1) is 11.3 Å². The second kappa shape index (κ2) is 3.84. The average Bonchev–Trinajstić information content (AvgIpc) is 2.57. The number of rotatable bonds is 4. The molecule has 1 atom stereocenters. The van der Waals surface area contributed by atoms with Gasteiger partial charge in [0.15, 0.2) is 0 Å². The van der Waals surface area contributed by atoms with E-state index < -0.39 is 0 Å². The lowest BCUT2D eigenvalue weighted by Gasteiger charge is -2.36. The van der Waals surface area contributed by atoms with Crippen LogP contribution >= 0.6 is 0 Å². The van der Waals surface area contributed by atoms with E-state index in [9.17, 15) is 0 Å². The molecule has 1 aliphatic carbocycles. The van der Waals surface area contributed by atoms with Crippen molar-refractivity contribution in [2.75, 3.05) is 0 Å². The van der Waals surface area contributed by atoms with Gasteiger partial charge in [-0.25, -0.2) is 0 Å². The lowest BCUT2D eigenvalue weighted by Crippen LogP contribution is -2.47. The molecular weight excluding hydrogens is 170 g/mol. The van der Waals surface area contributed by atoms with Crippen molar-refractivity contribution in [2.24, 2.45) is 11.3 Å². The number of hydrogen-bond acceptors (Lipinski definition) is 1. The van der Waals surface area contributed by atoms with Crippen LogP contribution < -0.4 is 5.32 Å². The van der Waals surface area contributed by atoms with E-state index in [0.29, 0.717) is 11.5 Å².